The van der Waals surface area contributed by atoms with Crippen LogP contribution in [0.4, 0.5) is 4.39 Å². The molecular formula is C25H39FO4. The predicted octanol–water partition coefficient (Wildman–Crippen LogP) is 6.20. The van der Waals surface area contributed by atoms with Gasteiger partial charge in [0.2, 0.25) is 0 Å². The molecule has 0 saturated heterocycles. The van der Waals surface area contributed by atoms with Crippen molar-refractivity contribution in [3.05, 3.63) is 35.1 Å². The fourth-order valence-corrected chi connectivity index (χ4v) is 3.94. The molecule has 0 bridgehead atoms. The smallest absolute Gasteiger partial charge is 0.309 e. The Kier molecular flexibility index (Phi) is 9.51. The molecule has 0 N–H and O–H groups in total. The molecule has 0 unspecified atom stereocenters. The summed E-state index contributed by atoms with van der Waals surface area (Å²) in [5, 5.41) is 0. The van der Waals surface area contributed by atoms with Crippen LogP contribution in [0.15, 0.2) is 18.2 Å². The van der Waals surface area contributed by atoms with Crippen LogP contribution in [0.5, 0.6) is 0 Å². The molecule has 0 aliphatic heterocycles. The molecule has 0 saturated carbocycles. The molecule has 1 aromatic carbocycles. The van der Waals surface area contributed by atoms with Crippen LogP contribution in [-0.4, -0.2) is 23.6 Å². The van der Waals surface area contributed by atoms with Gasteiger partial charge in [0, 0.05) is 5.92 Å². The lowest BCUT2D eigenvalue weighted by molar-refractivity contribution is -0.164. The molecule has 0 aromatic heterocycles. The first-order valence-corrected chi connectivity index (χ1v) is 10.9. The zero-order valence-corrected chi connectivity index (χ0v) is 20.0. The van der Waals surface area contributed by atoms with Crippen molar-refractivity contribution in [3.8, 4) is 0 Å². The Morgan fingerprint density at radius 3 is 2.13 bits per heavy atom. The molecule has 0 radical (unpaired) electrons. The minimum atomic E-state index is -0.598. The average Bonchev–Trinajstić information content (AvgIpc) is 2.54. The van der Waals surface area contributed by atoms with Gasteiger partial charge >= 0.3 is 11.9 Å². The molecule has 1 aromatic rings. The second-order valence-electron chi connectivity index (χ2n) is 10.0. The molecule has 1 rings (SSSR count). The Morgan fingerprint density at radius 2 is 1.67 bits per heavy atom. The highest BCUT2D eigenvalue weighted by Gasteiger charge is 2.32. The van der Waals surface area contributed by atoms with Gasteiger partial charge in [0.1, 0.15) is 17.5 Å². The van der Waals surface area contributed by atoms with Crippen LogP contribution in [0.3, 0.4) is 0 Å². The molecule has 0 amide bonds. The number of hydrogen-bond donors (Lipinski definition) is 0. The SMILES string of the molecule is Cc1cc(F)ccc1[C@H](C(C)C)[C@H](C)OC(=O)[C@@H](CC(=O)OC(C)(C)C)CC(C)C. The molecule has 170 valence electrons. The molecule has 4 nitrogen and oxygen atoms in total. The van der Waals surface area contributed by atoms with E-state index in [1.165, 1.54) is 12.1 Å². The minimum Gasteiger partial charge on any atom is -0.462 e. The Morgan fingerprint density at radius 1 is 1.07 bits per heavy atom. The second kappa shape index (κ2) is 10.9. The van der Waals surface area contributed by atoms with Gasteiger partial charge in [0.25, 0.3) is 0 Å². The summed E-state index contributed by atoms with van der Waals surface area (Å²) in [5.41, 5.74) is 1.21. The van der Waals surface area contributed by atoms with Gasteiger partial charge in [-0.05, 0) is 76.1 Å². The summed E-state index contributed by atoms with van der Waals surface area (Å²) in [7, 11) is 0. The van der Waals surface area contributed by atoms with Crippen LogP contribution in [0.25, 0.3) is 0 Å². The van der Waals surface area contributed by atoms with Gasteiger partial charge in [0.05, 0.1) is 12.3 Å². The second-order valence-corrected chi connectivity index (χ2v) is 10.0. The molecule has 5 heteroatoms. The van der Waals surface area contributed by atoms with Gasteiger partial charge in [-0.15, -0.1) is 0 Å². The maximum absolute atomic E-state index is 13.6. The number of carbonyl (C=O) groups is 2. The number of carbonyl (C=O) groups excluding carboxylic acids is 2. The van der Waals surface area contributed by atoms with E-state index in [4.69, 9.17) is 9.47 Å². The molecule has 0 aliphatic rings. The van der Waals surface area contributed by atoms with Crippen molar-refractivity contribution in [1.29, 1.82) is 0 Å². The first kappa shape index (κ1) is 26.1. The molecular weight excluding hydrogens is 383 g/mol. The van der Waals surface area contributed by atoms with Crippen LogP contribution >= 0.6 is 0 Å². The third-order valence-electron chi connectivity index (χ3n) is 5.04. The number of benzene rings is 1. The van der Waals surface area contributed by atoms with E-state index in [1.807, 2.05) is 27.7 Å². The number of aryl methyl sites for hydroxylation is 1. The molecule has 0 fully saturated rings. The lowest BCUT2D eigenvalue weighted by Crippen LogP contribution is -2.32. The van der Waals surface area contributed by atoms with Crippen molar-refractivity contribution < 1.29 is 23.5 Å². The van der Waals surface area contributed by atoms with Crippen molar-refractivity contribution in [2.75, 3.05) is 0 Å². The number of halogens is 1. The quantitative estimate of drug-likeness (QED) is 0.445. The van der Waals surface area contributed by atoms with Gasteiger partial charge in [-0.2, -0.15) is 0 Å². The van der Waals surface area contributed by atoms with Crippen LogP contribution in [0, 0.1) is 30.5 Å². The fraction of sp³-hybridized carbons (Fsp3) is 0.680. The van der Waals surface area contributed by atoms with E-state index in [-0.39, 0.29) is 36.0 Å². The van der Waals surface area contributed by atoms with Crippen molar-refractivity contribution in [3.63, 3.8) is 0 Å². The summed E-state index contributed by atoms with van der Waals surface area (Å²) in [5.74, 6) is -1.26. The molecule has 0 aliphatic carbocycles. The fourth-order valence-electron chi connectivity index (χ4n) is 3.94. The summed E-state index contributed by atoms with van der Waals surface area (Å²) in [4.78, 5) is 25.3. The Balaban J connectivity index is 3.00. The van der Waals surface area contributed by atoms with Crippen molar-refractivity contribution in [2.24, 2.45) is 17.8 Å². The van der Waals surface area contributed by atoms with Crippen LogP contribution in [0.2, 0.25) is 0 Å². The first-order valence-electron chi connectivity index (χ1n) is 10.9. The van der Waals surface area contributed by atoms with Gasteiger partial charge in [-0.3, -0.25) is 9.59 Å². The normalized spacial score (nSPS) is 15.1. The van der Waals surface area contributed by atoms with E-state index in [2.05, 4.69) is 13.8 Å². The predicted molar refractivity (Wildman–Crippen MR) is 118 cm³/mol. The summed E-state index contributed by atoms with van der Waals surface area (Å²) in [6.45, 7) is 17.3. The van der Waals surface area contributed by atoms with Crippen LogP contribution in [0.1, 0.15) is 85.3 Å². The highest BCUT2D eigenvalue weighted by molar-refractivity contribution is 5.80. The zero-order chi connectivity index (χ0) is 23.2. The Labute approximate surface area is 181 Å². The lowest BCUT2D eigenvalue weighted by atomic mass is 9.82. The Hall–Kier alpha value is -1.91. The maximum Gasteiger partial charge on any atom is 0.309 e. The van der Waals surface area contributed by atoms with Crippen molar-refractivity contribution in [1.82, 2.24) is 0 Å². The first-order chi connectivity index (χ1) is 13.7. The van der Waals surface area contributed by atoms with E-state index in [1.54, 1.807) is 26.8 Å². The maximum atomic E-state index is 13.6. The van der Waals surface area contributed by atoms with Gasteiger partial charge in [-0.25, -0.2) is 4.39 Å². The number of esters is 2. The lowest BCUT2D eigenvalue weighted by Gasteiger charge is -2.30. The largest absolute Gasteiger partial charge is 0.462 e. The van der Waals surface area contributed by atoms with E-state index in [0.717, 1.165) is 11.1 Å². The summed E-state index contributed by atoms with van der Waals surface area (Å²) < 4.78 is 24.8. The summed E-state index contributed by atoms with van der Waals surface area (Å²) in [6, 6.07) is 4.71. The zero-order valence-electron chi connectivity index (χ0n) is 20.0. The average molecular weight is 423 g/mol. The molecule has 3 atom stereocenters. The van der Waals surface area contributed by atoms with E-state index in [9.17, 15) is 14.0 Å². The molecule has 0 spiro atoms. The number of ether oxygens (including phenoxy) is 2. The molecule has 0 heterocycles. The van der Waals surface area contributed by atoms with Crippen molar-refractivity contribution in [2.45, 2.75) is 92.8 Å². The summed E-state index contributed by atoms with van der Waals surface area (Å²) in [6.07, 6.45) is 0.144. The highest BCUT2D eigenvalue weighted by atomic mass is 19.1. The van der Waals surface area contributed by atoms with E-state index in [0.29, 0.717) is 6.42 Å². The van der Waals surface area contributed by atoms with Gasteiger partial charge in [-0.1, -0.05) is 33.8 Å². The van der Waals surface area contributed by atoms with Crippen LogP contribution in [-0.2, 0) is 19.1 Å². The van der Waals surface area contributed by atoms with Crippen molar-refractivity contribution >= 4 is 11.9 Å². The Bertz CT molecular complexity index is 718. The van der Waals surface area contributed by atoms with E-state index >= 15 is 0 Å². The van der Waals surface area contributed by atoms with E-state index < -0.39 is 23.6 Å². The number of rotatable bonds is 9. The topological polar surface area (TPSA) is 52.6 Å². The number of hydrogen-bond acceptors (Lipinski definition) is 4. The third-order valence-corrected chi connectivity index (χ3v) is 5.04. The standard InChI is InChI=1S/C25H39FO4/c1-15(2)12-19(14-22(27)30-25(7,8)9)24(28)29-18(6)23(16(3)4)21-11-10-20(26)13-17(21)5/h10-11,13,15-16,18-19,23H,12,14H2,1-9H3/t18-,19+,23+/m0/s1. The van der Waals surface area contributed by atoms with Gasteiger partial charge < -0.3 is 9.47 Å². The van der Waals surface area contributed by atoms with Gasteiger partial charge in [0.15, 0.2) is 0 Å². The third kappa shape index (κ3) is 8.45. The highest BCUT2D eigenvalue weighted by Crippen LogP contribution is 2.33. The van der Waals surface area contributed by atoms with Crippen LogP contribution < -0.4 is 0 Å². The summed E-state index contributed by atoms with van der Waals surface area (Å²) >= 11 is 0. The monoisotopic (exact) mass is 422 g/mol. The molecule has 30 heavy (non-hydrogen) atoms. The minimum absolute atomic E-state index is 0.00290.